The zero-order chi connectivity index (χ0) is 18.7. The van der Waals surface area contributed by atoms with Gasteiger partial charge in [0.2, 0.25) is 0 Å². The second kappa shape index (κ2) is 9.64. The maximum Gasteiger partial charge on any atom is 0.261 e. The van der Waals surface area contributed by atoms with E-state index in [1.807, 2.05) is 44.4 Å². The van der Waals surface area contributed by atoms with E-state index < -0.39 is 0 Å². The summed E-state index contributed by atoms with van der Waals surface area (Å²) in [4.78, 5) is 21.8. The van der Waals surface area contributed by atoms with Crippen LogP contribution >= 0.6 is 39.7 Å². The van der Waals surface area contributed by atoms with Gasteiger partial charge in [-0.15, -0.1) is 12.4 Å². The molecule has 0 spiro atoms. The fraction of sp³-hybridized carbons (Fsp3) is 0.300. The molecule has 7 heteroatoms. The highest BCUT2D eigenvalue weighted by Gasteiger charge is 2.23. The third kappa shape index (κ3) is 5.08. The molecule has 4 nitrogen and oxygen atoms in total. The standard InChI is InChI=1S/C20H22BrN3OS.ClH/c1-4-14-9-10-17-18(13-14)26-20(22-17)24(12-11-23(2)3)19(25)15-7-5-6-8-16(15)21;/h5-10,13H,4,11-12H2,1-3H3;1H. The maximum absolute atomic E-state index is 13.2. The van der Waals surface area contributed by atoms with Crippen molar-refractivity contribution < 1.29 is 4.79 Å². The number of aromatic nitrogens is 1. The van der Waals surface area contributed by atoms with Crippen LogP contribution in [-0.4, -0.2) is 43.0 Å². The highest BCUT2D eigenvalue weighted by Crippen LogP contribution is 2.31. The summed E-state index contributed by atoms with van der Waals surface area (Å²) in [6.45, 7) is 3.50. The van der Waals surface area contributed by atoms with Crippen LogP contribution in [0.25, 0.3) is 10.2 Å². The van der Waals surface area contributed by atoms with Crippen molar-refractivity contribution in [2.24, 2.45) is 0 Å². The zero-order valence-corrected chi connectivity index (χ0v) is 18.8. The maximum atomic E-state index is 13.2. The molecule has 1 aromatic heterocycles. The van der Waals surface area contributed by atoms with E-state index >= 15 is 0 Å². The van der Waals surface area contributed by atoms with Gasteiger partial charge in [0.05, 0.1) is 15.8 Å². The van der Waals surface area contributed by atoms with Crippen LogP contribution in [0.2, 0.25) is 0 Å². The number of halogens is 2. The Morgan fingerprint density at radius 2 is 1.89 bits per heavy atom. The summed E-state index contributed by atoms with van der Waals surface area (Å²) in [5, 5.41) is 0.746. The number of hydrogen-bond donors (Lipinski definition) is 0. The quantitative estimate of drug-likeness (QED) is 0.495. The van der Waals surface area contributed by atoms with E-state index in [1.54, 1.807) is 16.2 Å². The van der Waals surface area contributed by atoms with Gasteiger partial charge in [0.1, 0.15) is 0 Å². The monoisotopic (exact) mass is 467 g/mol. The van der Waals surface area contributed by atoms with Crippen LogP contribution in [0.5, 0.6) is 0 Å². The highest BCUT2D eigenvalue weighted by atomic mass is 79.9. The Bertz CT molecular complexity index is 928. The first kappa shape index (κ1) is 21.8. The molecule has 0 aliphatic rings. The van der Waals surface area contributed by atoms with E-state index in [0.717, 1.165) is 32.8 Å². The fourth-order valence-corrected chi connectivity index (χ4v) is 4.16. The van der Waals surface area contributed by atoms with Crippen LogP contribution in [0.3, 0.4) is 0 Å². The van der Waals surface area contributed by atoms with Gasteiger partial charge in [-0.3, -0.25) is 9.69 Å². The average molecular weight is 469 g/mol. The first-order chi connectivity index (χ1) is 12.5. The Balaban J connectivity index is 0.00000261. The van der Waals surface area contributed by atoms with Gasteiger partial charge in [0.25, 0.3) is 5.91 Å². The van der Waals surface area contributed by atoms with E-state index in [0.29, 0.717) is 12.1 Å². The van der Waals surface area contributed by atoms with Gasteiger partial charge >= 0.3 is 0 Å². The Morgan fingerprint density at radius 3 is 2.56 bits per heavy atom. The van der Waals surface area contributed by atoms with Crippen molar-refractivity contribution in [1.29, 1.82) is 0 Å². The predicted molar refractivity (Wildman–Crippen MR) is 121 cm³/mol. The van der Waals surface area contributed by atoms with Crippen LogP contribution in [0, 0.1) is 0 Å². The second-order valence-corrected chi connectivity index (χ2v) is 8.26. The number of rotatable bonds is 6. The molecule has 3 rings (SSSR count). The largest absolute Gasteiger partial charge is 0.308 e. The Morgan fingerprint density at radius 1 is 1.15 bits per heavy atom. The van der Waals surface area contributed by atoms with Crippen molar-refractivity contribution in [3.05, 3.63) is 58.1 Å². The van der Waals surface area contributed by atoms with Crippen LogP contribution < -0.4 is 4.90 Å². The topological polar surface area (TPSA) is 36.4 Å². The van der Waals surface area contributed by atoms with Crippen LogP contribution in [0.4, 0.5) is 5.13 Å². The minimum absolute atomic E-state index is 0. The first-order valence-corrected chi connectivity index (χ1v) is 10.2. The van der Waals surface area contributed by atoms with Gasteiger partial charge in [-0.05, 0) is 66.3 Å². The Hall–Kier alpha value is -1.47. The number of nitrogens with zero attached hydrogens (tertiary/aromatic N) is 3. The van der Waals surface area contributed by atoms with Crippen molar-refractivity contribution in [2.75, 3.05) is 32.1 Å². The summed E-state index contributed by atoms with van der Waals surface area (Å²) in [6, 6.07) is 13.8. The van der Waals surface area contributed by atoms with Gasteiger partial charge in [0.15, 0.2) is 5.13 Å². The molecule has 0 N–H and O–H groups in total. The number of fused-ring (bicyclic) bond motifs is 1. The number of aryl methyl sites for hydroxylation is 1. The summed E-state index contributed by atoms with van der Waals surface area (Å²) >= 11 is 5.07. The van der Waals surface area contributed by atoms with Crippen molar-refractivity contribution in [2.45, 2.75) is 13.3 Å². The molecule has 3 aromatic rings. The predicted octanol–water partition coefficient (Wildman–Crippen LogP) is 5.25. The van der Waals surface area contributed by atoms with Crippen molar-refractivity contribution in [1.82, 2.24) is 9.88 Å². The van der Waals surface area contributed by atoms with Gasteiger partial charge < -0.3 is 4.90 Å². The van der Waals surface area contributed by atoms with E-state index in [2.05, 4.69) is 39.9 Å². The van der Waals surface area contributed by atoms with Gasteiger partial charge in [-0.1, -0.05) is 36.5 Å². The molecule has 1 heterocycles. The van der Waals surface area contributed by atoms with Gasteiger partial charge in [-0.25, -0.2) is 4.98 Å². The lowest BCUT2D eigenvalue weighted by atomic mass is 10.2. The summed E-state index contributed by atoms with van der Waals surface area (Å²) in [5.74, 6) is -0.0332. The fourth-order valence-electron chi connectivity index (χ4n) is 2.66. The third-order valence-electron chi connectivity index (χ3n) is 4.20. The lowest BCUT2D eigenvalue weighted by molar-refractivity contribution is 0.0984. The summed E-state index contributed by atoms with van der Waals surface area (Å²) < 4.78 is 1.92. The summed E-state index contributed by atoms with van der Waals surface area (Å²) in [7, 11) is 4.01. The summed E-state index contributed by atoms with van der Waals surface area (Å²) in [6.07, 6.45) is 0.989. The zero-order valence-electron chi connectivity index (χ0n) is 15.6. The number of anilines is 1. The molecule has 0 radical (unpaired) electrons. The van der Waals surface area contributed by atoms with Gasteiger partial charge in [-0.2, -0.15) is 0 Å². The smallest absolute Gasteiger partial charge is 0.261 e. The molecule has 0 saturated carbocycles. The molecule has 0 aliphatic heterocycles. The number of thiazole rings is 1. The molecule has 0 saturated heterocycles. The molecular formula is C20H23BrClN3OS. The third-order valence-corrected chi connectivity index (χ3v) is 5.93. The molecule has 0 atom stereocenters. The number of carbonyl (C=O) groups excluding carboxylic acids is 1. The van der Waals surface area contributed by atoms with Crippen LogP contribution in [0.1, 0.15) is 22.8 Å². The van der Waals surface area contributed by atoms with Crippen molar-refractivity contribution >= 4 is 60.9 Å². The Labute approximate surface area is 178 Å². The molecule has 144 valence electrons. The lowest BCUT2D eigenvalue weighted by Crippen LogP contribution is -2.36. The molecule has 0 aliphatic carbocycles. The summed E-state index contributed by atoms with van der Waals surface area (Å²) in [5.41, 5.74) is 2.88. The number of benzene rings is 2. The normalized spacial score (nSPS) is 10.9. The van der Waals surface area contributed by atoms with E-state index in [4.69, 9.17) is 4.98 Å². The SMILES string of the molecule is CCc1ccc2nc(N(CCN(C)C)C(=O)c3ccccc3Br)sc2c1.Cl. The van der Waals surface area contributed by atoms with E-state index in [9.17, 15) is 4.79 Å². The van der Waals surface area contributed by atoms with Crippen molar-refractivity contribution in [3.8, 4) is 0 Å². The van der Waals surface area contributed by atoms with Gasteiger partial charge in [0, 0.05) is 17.6 Å². The van der Waals surface area contributed by atoms with Crippen molar-refractivity contribution in [3.63, 3.8) is 0 Å². The molecule has 0 unspecified atom stereocenters. The number of carbonyl (C=O) groups is 1. The van der Waals surface area contributed by atoms with Crippen LogP contribution in [-0.2, 0) is 6.42 Å². The van der Waals surface area contributed by atoms with E-state index in [-0.39, 0.29) is 18.3 Å². The number of amides is 1. The molecule has 0 fully saturated rings. The average Bonchev–Trinajstić information content (AvgIpc) is 3.04. The van der Waals surface area contributed by atoms with E-state index in [1.165, 1.54) is 5.56 Å². The second-order valence-electron chi connectivity index (χ2n) is 6.39. The molecular weight excluding hydrogens is 446 g/mol. The first-order valence-electron chi connectivity index (χ1n) is 8.60. The number of likely N-dealkylation sites (N-methyl/N-ethyl adjacent to an activating group) is 1. The molecule has 27 heavy (non-hydrogen) atoms. The minimum atomic E-state index is -0.0332. The highest BCUT2D eigenvalue weighted by molar-refractivity contribution is 9.10. The Kier molecular flexibility index (Phi) is 7.79. The molecule has 2 aromatic carbocycles. The molecule has 1 amide bonds. The lowest BCUT2D eigenvalue weighted by Gasteiger charge is -2.22. The number of hydrogen-bond acceptors (Lipinski definition) is 4. The van der Waals surface area contributed by atoms with Crippen LogP contribution in [0.15, 0.2) is 46.9 Å². The molecule has 0 bridgehead atoms. The minimum Gasteiger partial charge on any atom is -0.308 e.